The van der Waals surface area contributed by atoms with Crippen LogP contribution in [-0.4, -0.2) is 47.3 Å². The molecular formula is C14H24Cl2N4O. The minimum atomic E-state index is 0. The summed E-state index contributed by atoms with van der Waals surface area (Å²) in [5.41, 5.74) is 0. The molecule has 120 valence electrons. The van der Waals surface area contributed by atoms with E-state index in [9.17, 15) is 4.79 Å². The van der Waals surface area contributed by atoms with E-state index in [2.05, 4.69) is 10.4 Å². The Bertz CT molecular complexity index is 430. The van der Waals surface area contributed by atoms with E-state index in [1.54, 1.807) is 17.1 Å². The smallest absolute Gasteiger partial charge is 0.224 e. The van der Waals surface area contributed by atoms with E-state index in [0.29, 0.717) is 18.0 Å². The molecule has 0 aliphatic carbocycles. The number of nitrogens with zero attached hydrogens (tertiary/aromatic N) is 3. The summed E-state index contributed by atoms with van der Waals surface area (Å²) in [5, 5.41) is 7.89. The van der Waals surface area contributed by atoms with Gasteiger partial charge in [-0.1, -0.05) is 11.6 Å². The largest absolute Gasteiger partial charge is 0.343 e. The molecule has 1 aromatic heterocycles. The van der Waals surface area contributed by atoms with Gasteiger partial charge >= 0.3 is 0 Å². The Kier molecular flexibility index (Phi) is 8.07. The van der Waals surface area contributed by atoms with Gasteiger partial charge in [0.25, 0.3) is 0 Å². The SMILES string of the molecule is CNCCC1CCN(C(=O)CCn2cc(Cl)cn2)CC1.Cl. The molecule has 2 heterocycles. The van der Waals surface area contributed by atoms with Crippen LogP contribution < -0.4 is 5.32 Å². The van der Waals surface area contributed by atoms with Gasteiger partial charge in [0.2, 0.25) is 5.91 Å². The van der Waals surface area contributed by atoms with Gasteiger partial charge in [-0.3, -0.25) is 9.48 Å². The van der Waals surface area contributed by atoms with Crippen molar-refractivity contribution in [3.05, 3.63) is 17.4 Å². The molecule has 0 atom stereocenters. The van der Waals surface area contributed by atoms with Crippen LogP contribution in [0, 0.1) is 5.92 Å². The Balaban J connectivity index is 0.00000220. The van der Waals surface area contributed by atoms with Gasteiger partial charge in [-0.05, 0) is 38.8 Å². The van der Waals surface area contributed by atoms with Gasteiger partial charge < -0.3 is 10.2 Å². The van der Waals surface area contributed by atoms with E-state index in [4.69, 9.17) is 11.6 Å². The van der Waals surface area contributed by atoms with Crippen LogP contribution in [0.5, 0.6) is 0 Å². The van der Waals surface area contributed by atoms with Crippen molar-refractivity contribution in [1.82, 2.24) is 20.0 Å². The van der Waals surface area contributed by atoms with Crippen molar-refractivity contribution in [3.63, 3.8) is 0 Å². The Labute approximate surface area is 137 Å². The standard InChI is InChI=1S/C14H23ClN4O.ClH/c1-16-6-2-12-3-7-18(8-4-12)14(20)5-9-19-11-13(15)10-17-19;/h10-12,16H,2-9H2,1H3;1H. The van der Waals surface area contributed by atoms with Crippen LogP contribution in [0.15, 0.2) is 12.4 Å². The average Bonchev–Trinajstić information content (AvgIpc) is 2.89. The highest BCUT2D eigenvalue weighted by Crippen LogP contribution is 2.20. The summed E-state index contributed by atoms with van der Waals surface area (Å²) in [4.78, 5) is 14.1. The second kappa shape index (κ2) is 9.28. The molecular weight excluding hydrogens is 311 g/mol. The van der Waals surface area contributed by atoms with Crippen LogP contribution in [0.4, 0.5) is 0 Å². The number of amides is 1. The zero-order valence-electron chi connectivity index (χ0n) is 12.4. The maximum Gasteiger partial charge on any atom is 0.224 e. The first-order valence-corrected chi connectivity index (χ1v) is 7.67. The molecule has 1 saturated heterocycles. The van der Waals surface area contributed by atoms with Crippen LogP contribution >= 0.6 is 24.0 Å². The summed E-state index contributed by atoms with van der Waals surface area (Å²) in [6, 6.07) is 0. The molecule has 1 aliphatic heterocycles. The van der Waals surface area contributed by atoms with Crippen molar-refractivity contribution in [2.24, 2.45) is 5.92 Å². The lowest BCUT2D eigenvalue weighted by Crippen LogP contribution is -2.39. The first-order valence-electron chi connectivity index (χ1n) is 7.29. The minimum Gasteiger partial charge on any atom is -0.343 e. The van der Waals surface area contributed by atoms with E-state index in [0.717, 1.165) is 38.4 Å². The molecule has 0 bridgehead atoms. The molecule has 1 amide bonds. The number of piperidine rings is 1. The minimum absolute atomic E-state index is 0. The van der Waals surface area contributed by atoms with Gasteiger partial charge in [0.15, 0.2) is 0 Å². The molecule has 7 heteroatoms. The molecule has 1 aromatic rings. The van der Waals surface area contributed by atoms with E-state index in [1.807, 2.05) is 11.9 Å². The van der Waals surface area contributed by atoms with Crippen molar-refractivity contribution in [2.45, 2.75) is 32.2 Å². The fraction of sp³-hybridized carbons (Fsp3) is 0.714. The summed E-state index contributed by atoms with van der Waals surface area (Å²) in [7, 11) is 1.99. The highest BCUT2D eigenvalue weighted by molar-refractivity contribution is 6.30. The number of carbonyl (C=O) groups excluding carboxylic acids is 1. The number of aromatic nitrogens is 2. The van der Waals surface area contributed by atoms with Gasteiger partial charge in [-0.2, -0.15) is 5.10 Å². The van der Waals surface area contributed by atoms with E-state index < -0.39 is 0 Å². The number of likely N-dealkylation sites (tertiary alicyclic amines) is 1. The Hall–Kier alpha value is -0.780. The van der Waals surface area contributed by atoms with Crippen molar-refractivity contribution >= 4 is 29.9 Å². The van der Waals surface area contributed by atoms with E-state index in [1.165, 1.54) is 6.42 Å². The van der Waals surface area contributed by atoms with Gasteiger partial charge in [-0.15, -0.1) is 12.4 Å². The number of halogens is 2. The fourth-order valence-electron chi connectivity index (χ4n) is 2.65. The predicted octanol–water partition coefficient (Wildman–Crippen LogP) is 2.20. The topological polar surface area (TPSA) is 50.2 Å². The number of rotatable bonds is 6. The number of hydrogen-bond acceptors (Lipinski definition) is 3. The average molecular weight is 335 g/mol. The van der Waals surface area contributed by atoms with Crippen LogP contribution in [0.1, 0.15) is 25.7 Å². The Morgan fingerprint density at radius 2 is 2.19 bits per heavy atom. The third kappa shape index (κ3) is 5.85. The van der Waals surface area contributed by atoms with Gasteiger partial charge in [-0.25, -0.2) is 0 Å². The molecule has 0 unspecified atom stereocenters. The monoisotopic (exact) mass is 334 g/mol. The summed E-state index contributed by atoms with van der Waals surface area (Å²) in [6.45, 7) is 3.46. The number of aryl methyl sites for hydroxylation is 1. The van der Waals surface area contributed by atoms with Crippen molar-refractivity contribution in [3.8, 4) is 0 Å². The second-order valence-corrected chi connectivity index (χ2v) is 5.82. The highest BCUT2D eigenvalue weighted by atomic mass is 35.5. The van der Waals surface area contributed by atoms with Crippen LogP contribution in [-0.2, 0) is 11.3 Å². The lowest BCUT2D eigenvalue weighted by Gasteiger charge is -2.32. The van der Waals surface area contributed by atoms with Gasteiger partial charge in [0.1, 0.15) is 0 Å². The fourth-order valence-corrected chi connectivity index (χ4v) is 2.80. The van der Waals surface area contributed by atoms with Crippen molar-refractivity contribution in [1.29, 1.82) is 0 Å². The molecule has 1 aliphatic rings. The third-order valence-electron chi connectivity index (χ3n) is 3.93. The zero-order chi connectivity index (χ0) is 14.4. The summed E-state index contributed by atoms with van der Waals surface area (Å²) >= 11 is 5.80. The molecule has 0 saturated carbocycles. The molecule has 1 fully saturated rings. The highest BCUT2D eigenvalue weighted by Gasteiger charge is 2.22. The quantitative estimate of drug-likeness (QED) is 0.867. The van der Waals surface area contributed by atoms with Crippen molar-refractivity contribution < 1.29 is 4.79 Å². The first kappa shape index (κ1) is 18.3. The summed E-state index contributed by atoms with van der Waals surface area (Å²) < 4.78 is 1.72. The maximum absolute atomic E-state index is 12.1. The second-order valence-electron chi connectivity index (χ2n) is 5.39. The van der Waals surface area contributed by atoms with Gasteiger partial charge in [0, 0.05) is 32.3 Å². The van der Waals surface area contributed by atoms with Gasteiger partial charge in [0.05, 0.1) is 11.2 Å². The number of hydrogen-bond donors (Lipinski definition) is 1. The first-order chi connectivity index (χ1) is 9.69. The molecule has 5 nitrogen and oxygen atoms in total. The Morgan fingerprint density at radius 3 is 2.76 bits per heavy atom. The lowest BCUT2D eigenvalue weighted by atomic mass is 9.93. The number of nitrogens with one attached hydrogen (secondary N) is 1. The summed E-state index contributed by atoms with van der Waals surface area (Å²) in [5.74, 6) is 0.986. The lowest BCUT2D eigenvalue weighted by molar-refractivity contribution is -0.132. The molecule has 0 radical (unpaired) electrons. The van der Waals surface area contributed by atoms with Crippen LogP contribution in [0.25, 0.3) is 0 Å². The van der Waals surface area contributed by atoms with E-state index >= 15 is 0 Å². The maximum atomic E-state index is 12.1. The van der Waals surface area contributed by atoms with Crippen molar-refractivity contribution in [2.75, 3.05) is 26.7 Å². The number of carbonyl (C=O) groups is 1. The zero-order valence-corrected chi connectivity index (χ0v) is 14.0. The predicted molar refractivity (Wildman–Crippen MR) is 86.9 cm³/mol. The molecule has 0 spiro atoms. The Morgan fingerprint density at radius 1 is 1.48 bits per heavy atom. The molecule has 21 heavy (non-hydrogen) atoms. The van der Waals surface area contributed by atoms with E-state index in [-0.39, 0.29) is 18.3 Å². The third-order valence-corrected chi connectivity index (χ3v) is 4.12. The molecule has 0 aromatic carbocycles. The normalized spacial score (nSPS) is 15.8. The summed E-state index contributed by atoms with van der Waals surface area (Å²) in [6.07, 6.45) is 7.31. The van der Waals surface area contributed by atoms with Crippen LogP contribution in [0.2, 0.25) is 5.02 Å². The molecule has 2 rings (SSSR count). The molecule has 1 N–H and O–H groups in total. The van der Waals surface area contributed by atoms with Crippen LogP contribution in [0.3, 0.4) is 0 Å².